The van der Waals surface area contributed by atoms with Crippen molar-refractivity contribution in [2.75, 3.05) is 6.54 Å². The summed E-state index contributed by atoms with van der Waals surface area (Å²) in [6, 6.07) is 15.4. The first-order chi connectivity index (χ1) is 13.1. The van der Waals surface area contributed by atoms with Crippen molar-refractivity contribution in [1.29, 1.82) is 0 Å². The third kappa shape index (κ3) is 5.17. The summed E-state index contributed by atoms with van der Waals surface area (Å²) in [5, 5.41) is 14.7. The molecule has 2 heteroatoms. The second-order valence-electron chi connectivity index (χ2n) is 9.35. The molecular weight excluding hydrogens is 342 g/mol. The van der Waals surface area contributed by atoms with Gasteiger partial charge < -0.3 is 10.4 Å². The van der Waals surface area contributed by atoms with Gasteiger partial charge in [-0.1, -0.05) is 84.0 Å². The maximum absolute atomic E-state index is 11.1. The van der Waals surface area contributed by atoms with E-state index in [1.807, 2.05) is 0 Å². The fourth-order valence-corrected chi connectivity index (χ4v) is 3.54. The molecule has 1 unspecified atom stereocenters. The maximum Gasteiger partial charge on any atom is 0.123 e. The van der Waals surface area contributed by atoms with Gasteiger partial charge >= 0.3 is 0 Å². The standard InChI is InChI=1S/C26H39NO/c1-8-25(4,5)22-17-20(18-23(24(22)28)26(6,7)9-2)15-16-27-19(3)21-13-11-10-12-14-21/h10-14,17-19,27-28H,8-9,15-16H2,1-7H3. The first-order valence-electron chi connectivity index (χ1n) is 10.8. The predicted octanol–water partition coefficient (Wildman–Crippen LogP) is 6.66. The van der Waals surface area contributed by atoms with E-state index in [4.69, 9.17) is 0 Å². The molecule has 28 heavy (non-hydrogen) atoms. The van der Waals surface area contributed by atoms with Gasteiger partial charge in [-0.2, -0.15) is 0 Å². The van der Waals surface area contributed by atoms with Crippen molar-refractivity contribution in [2.45, 2.75) is 84.6 Å². The third-order valence-corrected chi connectivity index (χ3v) is 6.56. The van der Waals surface area contributed by atoms with Gasteiger partial charge in [-0.05, 0) is 54.7 Å². The Morgan fingerprint density at radius 3 is 1.86 bits per heavy atom. The first kappa shape index (κ1) is 22.5. The molecule has 0 aliphatic heterocycles. The van der Waals surface area contributed by atoms with Gasteiger partial charge in [0.1, 0.15) is 5.75 Å². The summed E-state index contributed by atoms with van der Waals surface area (Å²) in [5.41, 5.74) is 4.71. The van der Waals surface area contributed by atoms with E-state index < -0.39 is 0 Å². The van der Waals surface area contributed by atoms with Crippen LogP contribution in [0.5, 0.6) is 5.75 Å². The van der Waals surface area contributed by atoms with E-state index in [0.29, 0.717) is 11.8 Å². The average Bonchev–Trinajstić information content (AvgIpc) is 2.69. The van der Waals surface area contributed by atoms with Crippen LogP contribution in [0.25, 0.3) is 0 Å². The minimum absolute atomic E-state index is 0.0383. The zero-order valence-electron chi connectivity index (χ0n) is 18.9. The van der Waals surface area contributed by atoms with Crippen LogP contribution >= 0.6 is 0 Å². The quantitative estimate of drug-likeness (QED) is 0.509. The van der Waals surface area contributed by atoms with Crippen LogP contribution in [0, 0.1) is 0 Å². The van der Waals surface area contributed by atoms with Gasteiger partial charge in [-0.25, -0.2) is 0 Å². The molecule has 2 N–H and O–H groups in total. The predicted molar refractivity (Wildman–Crippen MR) is 121 cm³/mol. The Balaban J connectivity index is 2.26. The van der Waals surface area contributed by atoms with Crippen molar-refractivity contribution in [1.82, 2.24) is 5.32 Å². The largest absolute Gasteiger partial charge is 0.507 e. The molecule has 0 bridgehead atoms. The van der Waals surface area contributed by atoms with Crippen molar-refractivity contribution in [3.05, 3.63) is 64.7 Å². The topological polar surface area (TPSA) is 32.3 Å². The molecule has 2 aromatic rings. The molecule has 0 heterocycles. The summed E-state index contributed by atoms with van der Waals surface area (Å²) in [6.45, 7) is 16.4. The van der Waals surface area contributed by atoms with Gasteiger partial charge in [0.2, 0.25) is 0 Å². The second kappa shape index (κ2) is 9.13. The molecule has 0 aromatic heterocycles. The minimum atomic E-state index is -0.0383. The van der Waals surface area contributed by atoms with Crippen molar-refractivity contribution in [2.24, 2.45) is 0 Å². The van der Waals surface area contributed by atoms with Crippen LogP contribution in [0.3, 0.4) is 0 Å². The summed E-state index contributed by atoms with van der Waals surface area (Å²) in [4.78, 5) is 0. The summed E-state index contributed by atoms with van der Waals surface area (Å²) < 4.78 is 0. The molecule has 2 rings (SSSR count). The molecule has 154 valence electrons. The highest BCUT2D eigenvalue weighted by molar-refractivity contribution is 5.50. The Labute approximate surface area is 172 Å². The smallest absolute Gasteiger partial charge is 0.123 e. The molecule has 0 radical (unpaired) electrons. The molecule has 0 saturated heterocycles. The molecule has 2 aromatic carbocycles. The molecule has 1 atom stereocenters. The highest BCUT2D eigenvalue weighted by Crippen LogP contribution is 2.42. The zero-order chi connectivity index (χ0) is 20.9. The molecule has 0 spiro atoms. The molecular formula is C26H39NO. The van der Waals surface area contributed by atoms with Crippen LogP contribution in [0.15, 0.2) is 42.5 Å². The van der Waals surface area contributed by atoms with Crippen molar-refractivity contribution < 1.29 is 5.11 Å². The third-order valence-electron chi connectivity index (χ3n) is 6.56. The summed E-state index contributed by atoms with van der Waals surface area (Å²) >= 11 is 0. The van der Waals surface area contributed by atoms with Gasteiger partial charge in [0.15, 0.2) is 0 Å². The van der Waals surface area contributed by atoms with E-state index >= 15 is 0 Å². The van der Waals surface area contributed by atoms with Crippen molar-refractivity contribution in [3.8, 4) is 5.75 Å². The van der Waals surface area contributed by atoms with Crippen LogP contribution < -0.4 is 5.32 Å². The number of rotatable bonds is 9. The lowest BCUT2D eigenvalue weighted by atomic mass is 9.74. The van der Waals surface area contributed by atoms with E-state index in [9.17, 15) is 5.11 Å². The molecule has 0 aliphatic carbocycles. The van der Waals surface area contributed by atoms with Crippen LogP contribution in [0.1, 0.15) is 89.6 Å². The number of phenolic OH excluding ortho intramolecular Hbond substituents is 1. The van der Waals surface area contributed by atoms with E-state index in [2.05, 4.69) is 96.2 Å². The summed E-state index contributed by atoms with van der Waals surface area (Å²) in [7, 11) is 0. The first-order valence-corrected chi connectivity index (χ1v) is 10.8. The van der Waals surface area contributed by atoms with Gasteiger partial charge in [-0.3, -0.25) is 0 Å². The van der Waals surface area contributed by atoms with Gasteiger partial charge in [0, 0.05) is 17.2 Å². The van der Waals surface area contributed by atoms with Crippen molar-refractivity contribution >= 4 is 0 Å². The highest BCUT2D eigenvalue weighted by Gasteiger charge is 2.29. The number of hydrogen-bond acceptors (Lipinski definition) is 2. The fraction of sp³-hybridized carbons (Fsp3) is 0.538. The monoisotopic (exact) mass is 381 g/mol. The SMILES string of the molecule is CCC(C)(C)c1cc(CCNC(C)c2ccccc2)cc(C(C)(C)CC)c1O. The lowest BCUT2D eigenvalue weighted by Crippen LogP contribution is -2.23. The Morgan fingerprint density at radius 2 is 1.39 bits per heavy atom. The molecule has 0 fully saturated rings. The van der Waals surface area contributed by atoms with E-state index in [1.165, 1.54) is 11.1 Å². The lowest BCUT2D eigenvalue weighted by molar-refractivity contribution is 0.399. The Kier molecular flexibility index (Phi) is 7.33. The average molecular weight is 382 g/mol. The molecule has 0 aliphatic rings. The molecule has 0 saturated carbocycles. The molecule has 2 nitrogen and oxygen atoms in total. The minimum Gasteiger partial charge on any atom is -0.507 e. The molecule has 0 amide bonds. The van der Waals surface area contributed by atoms with Gasteiger partial charge in [0.05, 0.1) is 0 Å². The van der Waals surface area contributed by atoms with Crippen LogP contribution in [0.4, 0.5) is 0 Å². The number of benzene rings is 2. The normalized spacial score (nSPS) is 13.5. The summed E-state index contributed by atoms with van der Waals surface area (Å²) in [5.74, 6) is 0.494. The number of nitrogens with one attached hydrogen (secondary N) is 1. The Hall–Kier alpha value is -1.80. The van der Waals surface area contributed by atoms with E-state index in [-0.39, 0.29) is 10.8 Å². The Morgan fingerprint density at radius 1 is 0.893 bits per heavy atom. The van der Waals surface area contributed by atoms with Crippen LogP contribution in [0.2, 0.25) is 0 Å². The van der Waals surface area contributed by atoms with Crippen LogP contribution in [-0.4, -0.2) is 11.7 Å². The number of hydrogen-bond donors (Lipinski definition) is 2. The van der Waals surface area contributed by atoms with Gasteiger partial charge in [-0.15, -0.1) is 0 Å². The van der Waals surface area contributed by atoms with E-state index in [1.54, 1.807) is 0 Å². The number of aromatic hydroxyl groups is 1. The number of phenols is 1. The van der Waals surface area contributed by atoms with Crippen LogP contribution in [-0.2, 0) is 17.3 Å². The Bertz CT molecular complexity index is 724. The summed E-state index contributed by atoms with van der Waals surface area (Å²) in [6.07, 6.45) is 2.95. The highest BCUT2D eigenvalue weighted by atomic mass is 16.3. The van der Waals surface area contributed by atoms with Gasteiger partial charge in [0.25, 0.3) is 0 Å². The second-order valence-corrected chi connectivity index (χ2v) is 9.35. The van der Waals surface area contributed by atoms with Crippen molar-refractivity contribution in [3.63, 3.8) is 0 Å². The lowest BCUT2D eigenvalue weighted by Gasteiger charge is -2.31. The zero-order valence-corrected chi connectivity index (χ0v) is 18.9. The fourth-order valence-electron chi connectivity index (χ4n) is 3.54. The maximum atomic E-state index is 11.1. The van der Waals surface area contributed by atoms with E-state index in [0.717, 1.165) is 36.9 Å².